The third-order valence-corrected chi connectivity index (χ3v) is 13.1. The molecule has 0 atom stereocenters. The van der Waals surface area contributed by atoms with Gasteiger partial charge in [0.05, 0.1) is 63.6 Å². The number of carbonyl (C=O) groups is 9. The zero-order valence-corrected chi connectivity index (χ0v) is 50.1. The van der Waals surface area contributed by atoms with Crippen molar-refractivity contribution in [3.63, 3.8) is 0 Å². The summed E-state index contributed by atoms with van der Waals surface area (Å²) >= 11 is 5.69. The minimum atomic E-state index is -1.64. The molecule has 5 aromatic rings. The van der Waals surface area contributed by atoms with Gasteiger partial charge in [-0.15, -0.1) is 16.7 Å². The normalized spacial score (nSPS) is 12.3. The highest BCUT2D eigenvalue weighted by Gasteiger charge is 2.54. The van der Waals surface area contributed by atoms with E-state index in [1.807, 2.05) is 0 Å². The molecule has 2 aliphatic rings. The third-order valence-electron chi connectivity index (χ3n) is 12.8. The fraction of sp³-hybridized carbons (Fsp3) is 0.417. The van der Waals surface area contributed by atoms with Crippen molar-refractivity contribution in [2.75, 3.05) is 102 Å². The molecule has 0 saturated heterocycles. The Bertz CT molecular complexity index is 3240. The predicted molar refractivity (Wildman–Crippen MR) is 309 cm³/mol. The van der Waals surface area contributed by atoms with Gasteiger partial charge in [0.1, 0.15) is 60.7 Å². The predicted octanol–water partition coefficient (Wildman–Crippen LogP) is 5.44. The second-order valence-electron chi connectivity index (χ2n) is 19.6. The van der Waals surface area contributed by atoms with Gasteiger partial charge in [0, 0.05) is 86.8 Å². The number of benzene rings is 4. The molecule has 2 amide bonds. The van der Waals surface area contributed by atoms with Crippen molar-refractivity contribution in [1.29, 1.82) is 0 Å². The van der Waals surface area contributed by atoms with Crippen LogP contribution < -0.4 is 34.5 Å². The molecule has 476 valence electrons. The van der Waals surface area contributed by atoms with Crippen LogP contribution in [0.3, 0.4) is 0 Å². The fourth-order valence-corrected chi connectivity index (χ4v) is 9.13. The number of rotatable bonds is 36. The molecule has 0 radical (unpaired) electrons. The zero-order valence-electron chi connectivity index (χ0n) is 49.3. The van der Waals surface area contributed by atoms with Crippen LogP contribution in [0.2, 0.25) is 0 Å². The molecule has 3 heterocycles. The summed E-state index contributed by atoms with van der Waals surface area (Å²) in [6.07, 6.45) is 5.72. The van der Waals surface area contributed by atoms with Crippen LogP contribution >= 0.6 is 11.6 Å². The number of nitrogens with one attached hydrogen (secondary N) is 2. The highest BCUT2D eigenvalue weighted by atomic mass is 35.5. The lowest BCUT2D eigenvalue weighted by atomic mass is 9.77. The van der Waals surface area contributed by atoms with E-state index in [0.29, 0.717) is 61.2 Å². The largest absolute Gasteiger partial charge is 0.485 e. The Morgan fingerprint density at radius 3 is 1.88 bits per heavy atom. The van der Waals surface area contributed by atoms with Crippen molar-refractivity contribution in [3.05, 3.63) is 113 Å². The molecule has 1 spiro atoms. The first-order valence-electron chi connectivity index (χ1n) is 28.1. The second-order valence-corrected chi connectivity index (χ2v) is 20.0. The number of halogens is 1. The van der Waals surface area contributed by atoms with Crippen molar-refractivity contribution >= 4 is 76.6 Å². The van der Waals surface area contributed by atoms with Crippen molar-refractivity contribution < 1.29 is 105 Å². The Kier molecular flexibility index (Phi) is 25.5. The SMILES string of the molecule is CC(=O)OCOC(=O)CN(CC(=O)OCOC(C)=O)c1ccc(C(=O)Nc2ccc3c(c2)C(=O)OC32c3ccc(OC(C)=O)cc3Oc3cc(OC(C)=O)ccc32)cc1OCc1cn(CCOCCOCC(=O)NCCOCCOCCCCCCCl)nn1. The number of fused-ring (bicyclic) bond motifs is 6. The van der Waals surface area contributed by atoms with E-state index in [0.717, 1.165) is 39.5 Å². The third kappa shape index (κ3) is 20.2. The Morgan fingerprint density at radius 2 is 1.25 bits per heavy atom. The topological polar surface area (TPSA) is 332 Å². The first-order valence-corrected chi connectivity index (χ1v) is 28.6. The lowest BCUT2D eigenvalue weighted by Crippen LogP contribution is -2.37. The maximum atomic E-state index is 14.3. The number of hydrogen-bond donors (Lipinski definition) is 2. The van der Waals surface area contributed by atoms with Gasteiger partial charge in [-0.1, -0.05) is 24.1 Å². The molecule has 28 nitrogen and oxygen atoms in total. The standard InChI is InChI=1S/C60H67ClN6O22/c1-38(68)82-36-84-56(73)32-66(33-57(74)85-37-83-39(2)69)51-16-9-42(27-54(51)81-34-44-31-67(65-64-44)19-22-79-25-26-80-35-55(72)62-18-21-78-24-23-77-20-8-6-5-7-17-61)58(75)63-43-10-13-48-47(28-43)59(76)89-60(48)49-14-11-45(86-40(3)70)29-52(49)88-53-30-46(87-41(4)71)12-15-50(53)60/h9-16,27-31H,5-8,17-26,32-37H2,1-4H3,(H,62,72)(H,63,75). The van der Waals surface area contributed by atoms with Crippen LogP contribution in [0, 0.1) is 0 Å². The average Bonchev–Trinajstić information content (AvgIpc) is 1.68. The number of hydrogen-bond acceptors (Lipinski definition) is 25. The molecule has 89 heavy (non-hydrogen) atoms. The Hall–Kier alpha value is -9.22. The van der Waals surface area contributed by atoms with Crippen LogP contribution in [0.1, 0.15) is 96.5 Å². The molecule has 0 saturated carbocycles. The van der Waals surface area contributed by atoms with E-state index >= 15 is 0 Å². The zero-order chi connectivity index (χ0) is 63.7. The lowest BCUT2D eigenvalue weighted by Gasteiger charge is -2.36. The molecule has 4 aromatic carbocycles. The van der Waals surface area contributed by atoms with Crippen molar-refractivity contribution in [3.8, 4) is 28.7 Å². The molecule has 29 heteroatoms. The molecule has 0 aliphatic carbocycles. The van der Waals surface area contributed by atoms with Crippen LogP contribution in [0.15, 0.2) is 79.0 Å². The molecular formula is C60H67ClN6O22. The first-order chi connectivity index (χ1) is 42.9. The van der Waals surface area contributed by atoms with E-state index in [4.69, 9.17) is 73.2 Å². The minimum Gasteiger partial charge on any atom is -0.485 e. The summed E-state index contributed by atoms with van der Waals surface area (Å²) in [6, 6.07) is 17.7. The molecule has 0 unspecified atom stereocenters. The van der Waals surface area contributed by atoms with Gasteiger partial charge in [0.25, 0.3) is 5.91 Å². The molecule has 7 rings (SSSR count). The Balaban J connectivity index is 1.03. The van der Waals surface area contributed by atoms with Gasteiger partial charge in [-0.2, -0.15) is 0 Å². The number of aromatic nitrogens is 3. The highest BCUT2D eigenvalue weighted by molar-refractivity contribution is 6.17. The maximum Gasteiger partial charge on any atom is 0.340 e. The van der Waals surface area contributed by atoms with Crippen molar-refractivity contribution in [2.45, 2.75) is 72.1 Å². The second kappa shape index (κ2) is 33.8. The highest BCUT2D eigenvalue weighted by Crippen LogP contribution is 2.57. The first kappa shape index (κ1) is 67.3. The van der Waals surface area contributed by atoms with E-state index in [1.54, 1.807) is 30.5 Å². The van der Waals surface area contributed by atoms with Crippen molar-refractivity contribution in [2.24, 2.45) is 0 Å². The smallest absolute Gasteiger partial charge is 0.340 e. The summed E-state index contributed by atoms with van der Waals surface area (Å²) in [7, 11) is 0. The van der Waals surface area contributed by atoms with E-state index in [1.165, 1.54) is 72.0 Å². The summed E-state index contributed by atoms with van der Waals surface area (Å²) in [5.74, 6) is -5.16. The summed E-state index contributed by atoms with van der Waals surface area (Å²) < 4.78 is 72.7. The molecule has 0 fully saturated rings. The summed E-state index contributed by atoms with van der Waals surface area (Å²) in [6.45, 7) is 4.39. The van der Waals surface area contributed by atoms with E-state index in [9.17, 15) is 43.2 Å². The molecule has 1 aromatic heterocycles. The Labute approximate surface area is 515 Å². The number of ether oxygens (including phenoxy) is 13. The van der Waals surface area contributed by atoms with Gasteiger partial charge in [0.2, 0.25) is 19.5 Å². The summed E-state index contributed by atoms with van der Waals surface area (Å²) in [5.41, 5.74) is -0.0139. The van der Waals surface area contributed by atoms with Gasteiger partial charge >= 0.3 is 41.8 Å². The van der Waals surface area contributed by atoms with E-state index in [-0.39, 0.29) is 96.7 Å². The minimum absolute atomic E-state index is 0.0226. The summed E-state index contributed by atoms with van der Waals surface area (Å²) in [5, 5.41) is 13.8. The Morgan fingerprint density at radius 1 is 0.640 bits per heavy atom. The van der Waals surface area contributed by atoms with Gasteiger partial charge in [0.15, 0.2) is 5.60 Å². The van der Waals surface area contributed by atoms with Crippen LogP contribution in [0.25, 0.3) is 0 Å². The van der Waals surface area contributed by atoms with Gasteiger partial charge in [-0.05, 0) is 67.4 Å². The molecule has 0 bridgehead atoms. The average molecular weight is 1260 g/mol. The van der Waals surface area contributed by atoms with Crippen molar-refractivity contribution in [1.82, 2.24) is 20.3 Å². The number of esters is 7. The number of nitrogens with zero attached hydrogens (tertiary/aromatic N) is 4. The number of alkyl halides is 1. The van der Waals surface area contributed by atoms with E-state index in [2.05, 4.69) is 20.9 Å². The van der Waals surface area contributed by atoms with Crippen LogP contribution in [0.5, 0.6) is 28.7 Å². The van der Waals surface area contributed by atoms with Gasteiger partial charge in [-0.25, -0.2) is 9.48 Å². The van der Waals surface area contributed by atoms with Gasteiger partial charge in [-0.3, -0.25) is 38.4 Å². The lowest BCUT2D eigenvalue weighted by molar-refractivity contribution is -0.165. The van der Waals surface area contributed by atoms with Gasteiger partial charge < -0.3 is 77.1 Å². The number of unbranched alkanes of at least 4 members (excludes halogenated alkanes) is 3. The fourth-order valence-electron chi connectivity index (χ4n) is 8.94. The van der Waals surface area contributed by atoms with Crippen LogP contribution in [-0.2, 0) is 94.9 Å². The summed E-state index contributed by atoms with van der Waals surface area (Å²) in [4.78, 5) is 115. The van der Waals surface area contributed by atoms with Crippen LogP contribution in [0.4, 0.5) is 11.4 Å². The number of carbonyl (C=O) groups excluding carboxylic acids is 9. The maximum absolute atomic E-state index is 14.3. The molecule has 2 aliphatic heterocycles. The number of amides is 2. The van der Waals surface area contributed by atoms with Crippen LogP contribution in [-0.4, -0.2) is 161 Å². The quantitative estimate of drug-likeness (QED) is 0.0126. The molecular weight excluding hydrogens is 1190 g/mol. The monoisotopic (exact) mass is 1260 g/mol. The van der Waals surface area contributed by atoms with E-state index < -0.39 is 80.0 Å². The molecule has 2 N–H and O–H groups in total. The number of anilines is 2.